The summed E-state index contributed by atoms with van der Waals surface area (Å²) in [4.78, 5) is 28.8. The van der Waals surface area contributed by atoms with Gasteiger partial charge in [0.25, 0.3) is 5.91 Å². The van der Waals surface area contributed by atoms with Gasteiger partial charge in [-0.15, -0.1) is 0 Å². The van der Waals surface area contributed by atoms with Crippen LogP contribution in [0.4, 0.5) is 11.4 Å². The summed E-state index contributed by atoms with van der Waals surface area (Å²) >= 11 is 0. The number of carbonyl (C=O) groups is 2. The first kappa shape index (κ1) is 12.1. The van der Waals surface area contributed by atoms with Crippen molar-refractivity contribution < 1.29 is 9.59 Å². The molecular formula is C17H14N2O2. The fraction of sp³-hybridized carbons (Fsp3) is 0.176. The summed E-state index contributed by atoms with van der Waals surface area (Å²) in [6.45, 7) is 0. The number of carbonyl (C=O) groups excluding carboxylic acids is 2. The quantitative estimate of drug-likeness (QED) is 0.751. The van der Waals surface area contributed by atoms with E-state index in [1.54, 1.807) is 12.1 Å². The van der Waals surface area contributed by atoms with Gasteiger partial charge in [0, 0.05) is 12.7 Å². The molecule has 104 valence electrons. The molecule has 1 fully saturated rings. The van der Waals surface area contributed by atoms with E-state index in [2.05, 4.69) is 0 Å². The Bertz CT molecular complexity index is 741. The molecule has 2 aliphatic rings. The van der Waals surface area contributed by atoms with E-state index >= 15 is 0 Å². The van der Waals surface area contributed by atoms with Crippen molar-refractivity contribution in [3.63, 3.8) is 0 Å². The van der Waals surface area contributed by atoms with Crippen LogP contribution in [0.1, 0.15) is 11.5 Å². The van der Waals surface area contributed by atoms with E-state index in [1.165, 1.54) is 4.90 Å². The molecule has 0 spiro atoms. The van der Waals surface area contributed by atoms with E-state index in [4.69, 9.17) is 0 Å². The molecule has 4 nitrogen and oxygen atoms in total. The summed E-state index contributed by atoms with van der Waals surface area (Å²) in [5, 5.41) is 0. The van der Waals surface area contributed by atoms with Crippen LogP contribution in [0.2, 0.25) is 0 Å². The molecule has 4 rings (SSSR count). The molecule has 0 unspecified atom stereocenters. The Labute approximate surface area is 122 Å². The Balaban J connectivity index is 1.83. The van der Waals surface area contributed by atoms with Crippen molar-refractivity contribution in [3.8, 4) is 0 Å². The van der Waals surface area contributed by atoms with Gasteiger partial charge in [0.05, 0.1) is 11.6 Å². The van der Waals surface area contributed by atoms with E-state index in [9.17, 15) is 9.59 Å². The average molecular weight is 278 g/mol. The highest BCUT2D eigenvalue weighted by molar-refractivity contribution is 6.27. The largest absolute Gasteiger partial charge is 0.361 e. The van der Waals surface area contributed by atoms with Crippen molar-refractivity contribution >= 4 is 23.2 Å². The maximum Gasteiger partial charge on any atom is 0.257 e. The minimum absolute atomic E-state index is 0.131. The molecular weight excluding hydrogens is 264 g/mol. The van der Waals surface area contributed by atoms with E-state index in [1.807, 2.05) is 54.4 Å². The molecule has 2 aliphatic heterocycles. The minimum atomic E-state index is -0.421. The third kappa shape index (κ3) is 1.50. The van der Waals surface area contributed by atoms with Crippen LogP contribution in [0.15, 0.2) is 54.6 Å². The van der Waals surface area contributed by atoms with Gasteiger partial charge in [-0.3, -0.25) is 9.59 Å². The maximum atomic E-state index is 12.8. The zero-order chi connectivity index (χ0) is 14.6. The average Bonchev–Trinajstić information content (AvgIpc) is 2.95. The zero-order valence-corrected chi connectivity index (χ0v) is 11.6. The van der Waals surface area contributed by atoms with Crippen LogP contribution in [0.25, 0.3) is 0 Å². The summed E-state index contributed by atoms with van der Waals surface area (Å²) in [6, 6.07) is 16.5. The molecule has 2 atom stereocenters. The van der Waals surface area contributed by atoms with Gasteiger partial charge in [-0.05, 0) is 23.8 Å². The van der Waals surface area contributed by atoms with Crippen LogP contribution in [0, 0.1) is 0 Å². The third-order valence-electron chi connectivity index (χ3n) is 4.36. The minimum Gasteiger partial charge on any atom is -0.361 e. The van der Waals surface area contributed by atoms with Gasteiger partial charge >= 0.3 is 0 Å². The Morgan fingerprint density at radius 1 is 0.857 bits per heavy atom. The number of imide groups is 1. The molecule has 0 aliphatic carbocycles. The standard InChI is InChI=1S/C17H14N2O2/c1-18-13-10-6-5-9-12(13)14-15(18)17(21)19(16(14)20)11-7-3-2-4-8-11/h2-10,14-15H,1H3/t14-,15+/m0/s1. The molecule has 2 aromatic carbocycles. The van der Waals surface area contributed by atoms with Gasteiger partial charge in [-0.1, -0.05) is 36.4 Å². The number of amides is 2. The topological polar surface area (TPSA) is 40.6 Å². The van der Waals surface area contributed by atoms with E-state index < -0.39 is 6.04 Å². The predicted octanol–water partition coefficient (Wildman–Crippen LogP) is 2.16. The number of likely N-dealkylation sites (N-methyl/N-ethyl adjacent to an activating group) is 1. The Morgan fingerprint density at radius 2 is 1.52 bits per heavy atom. The first-order valence-corrected chi connectivity index (χ1v) is 6.95. The predicted molar refractivity (Wildman–Crippen MR) is 80.3 cm³/mol. The third-order valence-corrected chi connectivity index (χ3v) is 4.36. The second kappa shape index (κ2) is 4.19. The Kier molecular flexibility index (Phi) is 2.42. The van der Waals surface area contributed by atoms with Gasteiger partial charge < -0.3 is 4.90 Å². The molecule has 0 aromatic heterocycles. The molecule has 0 bridgehead atoms. The maximum absolute atomic E-state index is 12.8. The van der Waals surface area contributed by atoms with Gasteiger partial charge in [-0.25, -0.2) is 4.90 Å². The highest BCUT2D eigenvalue weighted by atomic mass is 16.2. The van der Waals surface area contributed by atoms with Gasteiger partial charge in [0.1, 0.15) is 6.04 Å². The number of hydrogen-bond acceptors (Lipinski definition) is 3. The number of anilines is 2. The zero-order valence-electron chi connectivity index (χ0n) is 11.6. The summed E-state index contributed by atoms with van der Waals surface area (Å²) in [5.74, 6) is -0.665. The van der Waals surface area contributed by atoms with Crippen molar-refractivity contribution in [1.29, 1.82) is 0 Å². The molecule has 2 heterocycles. The Hall–Kier alpha value is -2.62. The van der Waals surface area contributed by atoms with Gasteiger partial charge in [-0.2, -0.15) is 0 Å². The number of benzene rings is 2. The highest BCUT2D eigenvalue weighted by Gasteiger charge is 2.55. The van der Waals surface area contributed by atoms with Crippen LogP contribution in [0.3, 0.4) is 0 Å². The summed E-state index contributed by atoms with van der Waals surface area (Å²) in [5.41, 5.74) is 2.57. The highest BCUT2D eigenvalue weighted by Crippen LogP contribution is 2.46. The van der Waals surface area contributed by atoms with Crippen LogP contribution in [-0.2, 0) is 9.59 Å². The lowest BCUT2D eigenvalue weighted by atomic mass is 9.97. The van der Waals surface area contributed by atoms with Crippen LogP contribution < -0.4 is 9.80 Å². The normalized spacial score (nSPS) is 23.5. The first-order valence-electron chi connectivity index (χ1n) is 6.95. The molecule has 0 N–H and O–H groups in total. The summed E-state index contributed by atoms with van der Waals surface area (Å²) < 4.78 is 0. The SMILES string of the molecule is CN1c2ccccc2[C@@H]2C(=O)N(c3ccccc3)C(=O)[C@@H]21. The number of para-hydroxylation sites is 2. The molecule has 21 heavy (non-hydrogen) atoms. The lowest BCUT2D eigenvalue weighted by Crippen LogP contribution is -2.39. The Morgan fingerprint density at radius 3 is 2.29 bits per heavy atom. The molecule has 2 aromatic rings. The lowest BCUT2D eigenvalue weighted by Gasteiger charge is -2.21. The van der Waals surface area contributed by atoms with Crippen LogP contribution in [0.5, 0.6) is 0 Å². The van der Waals surface area contributed by atoms with Crippen molar-refractivity contribution in [3.05, 3.63) is 60.2 Å². The second-order valence-corrected chi connectivity index (χ2v) is 5.44. The van der Waals surface area contributed by atoms with E-state index in [0.717, 1.165) is 11.3 Å². The van der Waals surface area contributed by atoms with E-state index in [0.29, 0.717) is 5.69 Å². The molecule has 1 saturated heterocycles. The number of fused-ring (bicyclic) bond motifs is 3. The molecule has 0 radical (unpaired) electrons. The fourth-order valence-electron chi connectivity index (χ4n) is 3.40. The second-order valence-electron chi connectivity index (χ2n) is 5.44. The molecule has 2 amide bonds. The number of nitrogens with zero attached hydrogens (tertiary/aromatic N) is 2. The van der Waals surface area contributed by atoms with Crippen LogP contribution in [-0.4, -0.2) is 24.9 Å². The summed E-state index contributed by atoms with van der Waals surface area (Å²) in [6.07, 6.45) is 0. The smallest absolute Gasteiger partial charge is 0.257 e. The summed E-state index contributed by atoms with van der Waals surface area (Å²) in [7, 11) is 1.88. The number of rotatable bonds is 1. The van der Waals surface area contributed by atoms with Crippen LogP contribution >= 0.6 is 0 Å². The van der Waals surface area contributed by atoms with Crippen molar-refractivity contribution in [1.82, 2.24) is 0 Å². The molecule has 0 saturated carbocycles. The van der Waals surface area contributed by atoms with E-state index in [-0.39, 0.29) is 17.7 Å². The van der Waals surface area contributed by atoms with Gasteiger partial charge in [0.15, 0.2) is 0 Å². The van der Waals surface area contributed by atoms with Gasteiger partial charge in [0.2, 0.25) is 5.91 Å². The van der Waals surface area contributed by atoms with Crippen molar-refractivity contribution in [2.75, 3.05) is 16.8 Å². The molecule has 4 heteroatoms. The number of hydrogen-bond donors (Lipinski definition) is 0. The lowest BCUT2D eigenvalue weighted by molar-refractivity contribution is -0.121. The van der Waals surface area contributed by atoms with Crippen molar-refractivity contribution in [2.45, 2.75) is 12.0 Å². The monoisotopic (exact) mass is 278 g/mol. The van der Waals surface area contributed by atoms with Crippen molar-refractivity contribution in [2.24, 2.45) is 0 Å². The first-order chi connectivity index (χ1) is 10.2. The fourth-order valence-corrected chi connectivity index (χ4v) is 3.40.